The van der Waals surface area contributed by atoms with Crippen molar-refractivity contribution < 1.29 is 9.53 Å². The second-order valence-corrected chi connectivity index (χ2v) is 8.99. The number of amides is 1. The summed E-state index contributed by atoms with van der Waals surface area (Å²) in [6.07, 6.45) is 0.340. The number of fused-ring (bicyclic) bond motifs is 1. The molecule has 0 N–H and O–H groups in total. The average Bonchev–Trinajstić information content (AvgIpc) is 3.20. The number of hydrogen-bond acceptors (Lipinski definition) is 5. The van der Waals surface area contributed by atoms with Crippen LogP contribution in [-0.2, 0) is 11.2 Å². The molecule has 0 aliphatic carbocycles. The van der Waals surface area contributed by atoms with Crippen molar-refractivity contribution in [2.24, 2.45) is 0 Å². The van der Waals surface area contributed by atoms with Gasteiger partial charge in [0.2, 0.25) is 5.91 Å². The maximum Gasteiger partial charge on any atom is 0.233 e. The van der Waals surface area contributed by atoms with Crippen molar-refractivity contribution in [3.63, 3.8) is 0 Å². The summed E-state index contributed by atoms with van der Waals surface area (Å²) < 4.78 is 6.30. The van der Waals surface area contributed by atoms with Gasteiger partial charge in [0.25, 0.3) is 0 Å². The van der Waals surface area contributed by atoms with E-state index in [-0.39, 0.29) is 18.3 Å². The standard InChI is InChI=1S/C24H30ClN3O2S.ClH/c1-6-27(7-2)12-13-28(21(29)15-18-14-16(3)8-9-17(18)4)24-26-22-20(30-5)11-10-19(25)23(22)31-24;/h8-11,14H,6-7,12-13,15H2,1-5H3;1H. The van der Waals surface area contributed by atoms with Crippen molar-refractivity contribution in [1.82, 2.24) is 9.88 Å². The Bertz CT molecular complexity index is 1070. The topological polar surface area (TPSA) is 45.7 Å². The number of carbonyl (C=O) groups is 1. The van der Waals surface area contributed by atoms with Crippen molar-refractivity contribution in [2.45, 2.75) is 34.1 Å². The number of carbonyl (C=O) groups excluding carboxylic acids is 1. The minimum absolute atomic E-state index is 0. The van der Waals surface area contributed by atoms with E-state index in [0.717, 1.165) is 41.0 Å². The molecule has 0 radical (unpaired) electrons. The number of aromatic nitrogens is 1. The van der Waals surface area contributed by atoms with Crippen molar-refractivity contribution in [1.29, 1.82) is 0 Å². The highest BCUT2D eigenvalue weighted by atomic mass is 35.5. The summed E-state index contributed by atoms with van der Waals surface area (Å²) in [6, 6.07) is 9.85. The number of anilines is 1. The van der Waals surface area contributed by atoms with Gasteiger partial charge in [-0.05, 0) is 50.2 Å². The Balaban J connectivity index is 0.00000363. The quantitative estimate of drug-likeness (QED) is 0.369. The van der Waals surface area contributed by atoms with Gasteiger partial charge in [-0.3, -0.25) is 9.69 Å². The predicted molar refractivity (Wildman–Crippen MR) is 138 cm³/mol. The summed E-state index contributed by atoms with van der Waals surface area (Å²) in [5.41, 5.74) is 4.02. The fourth-order valence-electron chi connectivity index (χ4n) is 3.58. The molecule has 0 bridgehead atoms. The Hall–Kier alpha value is -1.86. The number of halogens is 2. The van der Waals surface area contributed by atoms with Gasteiger partial charge in [-0.2, -0.15) is 0 Å². The van der Waals surface area contributed by atoms with Gasteiger partial charge >= 0.3 is 0 Å². The van der Waals surface area contributed by atoms with Crippen LogP contribution < -0.4 is 9.64 Å². The fourth-order valence-corrected chi connectivity index (χ4v) is 4.88. The van der Waals surface area contributed by atoms with Gasteiger partial charge < -0.3 is 9.64 Å². The van der Waals surface area contributed by atoms with E-state index in [0.29, 0.717) is 34.4 Å². The van der Waals surface area contributed by atoms with Gasteiger partial charge in [0.1, 0.15) is 11.3 Å². The molecule has 174 valence electrons. The lowest BCUT2D eigenvalue weighted by Crippen LogP contribution is -2.39. The number of rotatable bonds is 9. The molecule has 0 spiro atoms. The van der Waals surface area contributed by atoms with Crippen LogP contribution in [0, 0.1) is 13.8 Å². The highest BCUT2D eigenvalue weighted by Crippen LogP contribution is 2.38. The fraction of sp³-hybridized carbons (Fsp3) is 0.417. The van der Waals surface area contributed by atoms with Gasteiger partial charge in [0.15, 0.2) is 5.13 Å². The third kappa shape index (κ3) is 5.93. The minimum Gasteiger partial charge on any atom is -0.494 e. The molecule has 0 fully saturated rings. The molecule has 0 saturated carbocycles. The van der Waals surface area contributed by atoms with E-state index in [1.54, 1.807) is 12.0 Å². The van der Waals surface area contributed by atoms with E-state index in [4.69, 9.17) is 21.3 Å². The molecule has 3 rings (SSSR count). The Morgan fingerprint density at radius 1 is 1.12 bits per heavy atom. The number of benzene rings is 2. The molecule has 3 aromatic rings. The Kier molecular flexibility index (Phi) is 9.77. The van der Waals surface area contributed by atoms with Crippen LogP contribution in [0.15, 0.2) is 30.3 Å². The highest BCUT2D eigenvalue weighted by molar-refractivity contribution is 7.23. The highest BCUT2D eigenvalue weighted by Gasteiger charge is 2.23. The molecule has 0 atom stereocenters. The van der Waals surface area contributed by atoms with Gasteiger partial charge in [-0.1, -0.05) is 60.5 Å². The van der Waals surface area contributed by atoms with Crippen molar-refractivity contribution >= 4 is 56.6 Å². The van der Waals surface area contributed by atoms with Crippen LogP contribution in [0.25, 0.3) is 10.2 Å². The van der Waals surface area contributed by atoms with Crippen LogP contribution in [0.1, 0.15) is 30.5 Å². The molecule has 5 nitrogen and oxygen atoms in total. The largest absolute Gasteiger partial charge is 0.494 e. The number of hydrogen-bond donors (Lipinski definition) is 0. The maximum atomic E-state index is 13.5. The molecule has 0 aliphatic rings. The van der Waals surface area contributed by atoms with Gasteiger partial charge in [0.05, 0.1) is 23.3 Å². The molecule has 0 aliphatic heterocycles. The van der Waals surface area contributed by atoms with Crippen LogP contribution >= 0.6 is 35.3 Å². The summed E-state index contributed by atoms with van der Waals surface area (Å²) in [6.45, 7) is 11.6. The number of thiazole rings is 1. The summed E-state index contributed by atoms with van der Waals surface area (Å²) in [7, 11) is 1.62. The number of likely N-dealkylation sites (N-methyl/N-ethyl adjacent to an activating group) is 1. The number of aryl methyl sites for hydroxylation is 2. The lowest BCUT2D eigenvalue weighted by atomic mass is 10.0. The van der Waals surface area contributed by atoms with E-state index in [1.165, 1.54) is 11.3 Å². The van der Waals surface area contributed by atoms with E-state index >= 15 is 0 Å². The first-order valence-electron chi connectivity index (χ1n) is 10.6. The summed E-state index contributed by atoms with van der Waals surface area (Å²) in [4.78, 5) is 22.4. The molecule has 2 aromatic carbocycles. The van der Waals surface area contributed by atoms with Gasteiger partial charge in [0, 0.05) is 13.1 Å². The van der Waals surface area contributed by atoms with E-state index < -0.39 is 0 Å². The van der Waals surface area contributed by atoms with Crippen molar-refractivity contribution in [2.75, 3.05) is 38.2 Å². The predicted octanol–water partition coefficient (Wildman–Crippen LogP) is 5.91. The Morgan fingerprint density at radius 3 is 2.50 bits per heavy atom. The third-order valence-electron chi connectivity index (χ3n) is 5.58. The molecule has 0 unspecified atom stereocenters. The summed E-state index contributed by atoms with van der Waals surface area (Å²) in [5.74, 6) is 0.697. The molecule has 1 aromatic heterocycles. The maximum absolute atomic E-state index is 13.5. The van der Waals surface area contributed by atoms with Crippen LogP contribution in [-0.4, -0.2) is 49.1 Å². The number of methoxy groups -OCH3 is 1. The SMILES string of the molecule is CCN(CC)CCN(C(=O)Cc1cc(C)ccc1C)c1nc2c(OC)ccc(Cl)c2s1.Cl. The Labute approximate surface area is 205 Å². The van der Waals surface area contributed by atoms with Crippen LogP contribution in [0.2, 0.25) is 5.02 Å². The van der Waals surface area contributed by atoms with Gasteiger partial charge in [-0.25, -0.2) is 4.98 Å². The molecule has 1 amide bonds. The molecule has 8 heteroatoms. The average molecular weight is 497 g/mol. The molecule has 1 heterocycles. The van der Waals surface area contributed by atoms with E-state index in [2.05, 4.69) is 36.9 Å². The number of nitrogens with zero attached hydrogens (tertiary/aromatic N) is 3. The molecular weight excluding hydrogens is 465 g/mol. The molecule has 0 saturated heterocycles. The van der Waals surface area contributed by atoms with Crippen LogP contribution in [0.4, 0.5) is 5.13 Å². The normalized spacial score (nSPS) is 11.0. The second-order valence-electron chi connectivity index (χ2n) is 7.60. The van der Waals surface area contributed by atoms with Crippen molar-refractivity contribution in [3.05, 3.63) is 52.0 Å². The zero-order valence-corrected chi connectivity index (χ0v) is 21.7. The summed E-state index contributed by atoms with van der Waals surface area (Å²) >= 11 is 7.87. The monoisotopic (exact) mass is 495 g/mol. The first kappa shape index (κ1) is 26.4. The van der Waals surface area contributed by atoms with Gasteiger partial charge in [-0.15, -0.1) is 12.4 Å². The molecule has 32 heavy (non-hydrogen) atoms. The van der Waals surface area contributed by atoms with Crippen molar-refractivity contribution in [3.8, 4) is 5.75 Å². The lowest BCUT2D eigenvalue weighted by molar-refractivity contribution is -0.118. The lowest BCUT2D eigenvalue weighted by Gasteiger charge is -2.25. The Morgan fingerprint density at radius 2 is 1.84 bits per heavy atom. The van der Waals surface area contributed by atoms with Crippen LogP contribution in [0.3, 0.4) is 0 Å². The first-order chi connectivity index (χ1) is 14.9. The zero-order chi connectivity index (χ0) is 22.5. The minimum atomic E-state index is 0. The smallest absolute Gasteiger partial charge is 0.233 e. The first-order valence-corrected chi connectivity index (χ1v) is 11.8. The molecular formula is C24H31Cl2N3O2S. The van der Waals surface area contributed by atoms with E-state index in [1.807, 2.05) is 26.0 Å². The number of ether oxygens (including phenoxy) is 1. The van der Waals surface area contributed by atoms with E-state index in [9.17, 15) is 4.79 Å². The second kappa shape index (κ2) is 11.8. The summed E-state index contributed by atoms with van der Waals surface area (Å²) in [5, 5.41) is 1.27. The van der Waals surface area contributed by atoms with Crippen LogP contribution in [0.5, 0.6) is 5.75 Å². The zero-order valence-electron chi connectivity index (χ0n) is 19.3. The third-order valence-corrected chi connectivity index (χ3v) is 7.12.